The highest BCUT2D eigenvalue weighted by molar-refractivity contribution is 7.81. The molecule has 0 unspecified atom stereocenters. The predicted octanol–water partition coefficient (Wildman–Crippen LogP) is 1.92. The Morgan fingerprint density at radius 3 is 2.75 bits per heavy atom. The minimum absolute atomic E-state index is 0.131. The van der Waals surface area contributed by atoms with Crippen molar-refractivity contribution in [3.63, 3.8) is 0 Å². The summed E-state index contributed by atoms with van der Waals surface area (Å²) in [5, 5.41) is -0.255. The van der Waals surface area contributed by atoms with Crippen LogP contribution < -0.4 is 11.3 Å². The van der Waals surface area contributed by atoms with Crippen LogP contribution >= 0.6 is 12.6 Å². The molecular formula is C8H15FN2S. The Morgan fingerprint density at radius 1 is 1.75 bits per heavy atom. The topological polar surface area (TPSA) is 38.0 Å². The van der Waals surface area contributed by atoms with Crippen molar-refractivity contribution >= 4 is 12.6 Å². The molecule has 0 fully saturated rings. The molecule has 0 spiro atoms. The number of hydrogen-bond donors (Lipinski definition) is 3. The van der Waals surface area contributed by atoms with Crippen LogP contribution in [0, 0.1) is 0 Å². The Bertz CT molecular complexity index is 180. The molecule has 0 rings (SSSR count). The summed E-state index contributed by atoms with van der Waals surface area (Å²) in [4.78, 5) is 0. The zero-order valence-corrected chi connectivity index (χ0v) is 8.07. The summed E-state index contributed by atoms with van der Waals surface area (Å²) in [7, 11) is 0. The molecule has 0 saturated heterocycles. The van der Waals surface area contributed by atoms with E-state index in [9.17, 15) is 4.39 Å². The molecule has 12 heavy (non-hydrogen) atoms. The number of rotatable bonds is 5. The van der Waals surface area contributed by atoms with Gasteiger partial charge in [0.25, 0.3) is 0 Å². The van der Waals surface area contributed by atoms with Crippen molar-refractivity contribution < 1.29 is 4.39 Å². The number of thiol groups is 1. The first-order chi connectivity index (χ1) is 5.61. The highest BCUT2D eigenvalue weighted by atomic mass is 32.1. The van der Waals surface area contributed by atoms with Gasteiger partial charge in [-0.25, -0.2) is 9.82 Å². The smallest absolute Gasteiger partial charge is 0.0960 e. The van der Waals surface area contributed by atoms with E-state index >= 15 is 0 Å². The van der Waals surface area contributed by atoms with Crippen LogP contribution in [-0.2, 0) is 0 Å². The maximum absolute atomic E-state index is 12.6. The minimum Gasteiger partial charge on any atom is -0.270 e. The van der Waals surface area contributed by atoms with Crippen LogP contribution in [0.25, 0.3) is 0 Å². The summed E-state index contributed by atoms with van der Waals surface area (Å²) in [5.41, 5.74) is 3.22. The normalized spacial score (nSPS) is 14.5. The Labute approximate surface area is 78.1 Å². The number of nitrogens with two attached hydrogens (primary N) is 1. The molecule has 0 saturated carbocycles. The van der Waals surface area contributed by atoms with Crippen LogP contribution in [0.5, 0.6) is 0 Å². The fourth-order valence-electron chi connectivity index (χ4n) is 0.679. The molecule has 1 atom stereocenters. The van der Waals surface area contributed by atoms with E-state index in [0.29, 0.717) is 12.8 Å². The van der Waals surface area contributed by atoms with Gasteiger partial charge in [-0.1, -0.05) is 12.7 Å². The van der Waals surface area contributed by atoms with E-state index in [4.69, 9.17) is 5.84 Å². The largest absolute Gasteiger partial charge is 0.270 e. The van der Waals surface area contributed by atoms with Crippen LogP contribution in [0.1, 0.15) is 19.8 Å². The first kappa shape index (κ1) is 11.7. The molecule has 0 aliphatic heterocycles. The standard InChI is InChI=1S/C8H15FN2S/c1-3-7(9)5-4-6(2)8(12)11-10/h3,8,11-12H,2,4-5,10H2,1H3/b7-3+/t8-/m0/s1. The first-order valence-electron chi connectivity index (χ1n) is 3.74. The molecule has 70 valence electrons. The minimum atomic E-state index is -0.255. The van der Waals surface area contributed by atoms with Crippen LogP contribution in [0.3, 0.4) is 0 Å². The van der Waals surface area contributed by atoms with Gasteiger partial charge in [0.05, 0.1) is 11.2 Å². The van der Waals surface area contributed by atoms with E-state index in [1.807, 2.05) is 0 Å². The molecule has 4 heteroatoms. The Kier molecular flexibility index (Phi) is 6.06. The number of allylic oxidation sites excluding steroid dienone is 2. The fraction of sp³-hybridized carbons (Fsp3) is 0.500. The molecular weight excluding hydrogens is 175 g/mol. The molecule has 0 amide bonds. The predicted molar refractivity (Wildman–Crippen MR) is 53.3 cm³/mol. The van der Waals surface area contributed by atoms with Crippen molar-refractivity contribution in [2.24, 2.45) is 5.84 Å². The van der Waals surface area contributed by atoms with Gasteiger partial charge in [-0.05, 0) is 18.9 Å². The second-order valence-electron chi connectivity index (χ2n) is 2.46. The summed E-state index contributed by atoms with van der Waals surface area (Å²) in [5.74, 6) is 4.99. The quantitative estimate of drug-likeness (QED) is 0.204. The van der Waals surface area contributed by atoms with Crippen LogP contribution in [0.2, 0.25) is 0 Å². The van der Waals surface area contributed by atoms with Gasteiger partial charge in [0, 0.05) is 6.42 Å². The number of hydrazine groups is 1. The van der Waals surface area contributed by atoms with Gasteiger partial charge in [0.15, 0.2) is 0 Å². The second kappa shape index (κ2) is 6.22. The molecule has 2 nitrogen and oxygen atoms in total. The molecule has 0 heterocycles. The molecule has 0 aliphatic rings. The third kappa shape index (κ3) is 4.54. The maximum Gasteiger partial charge on any atom is 0.0960 e. The van der Waals surface area contributed by atoms with E-state index in [-0.39, 0.29) is 11.2 Å². The Hall–Kier alpha value is -0.320. The SMILES string of the molecule is C=C(CC/C(F)=C\C)[C@H](S)NN. The summed E-state index contributed by atoms with van der Waals surface area (Å²) in [6.45, 7) is 5.38. The van der Waals surface area contributed by atoms with Crippen molar-refractivity contribution in [1.29, 1.82) is 0 Å². The third-order valence-corrected chi connectivity index (χ3v) is 2.06. The van der Waals surface area contributed by atoms with E-state index in [1.165, 1.54) is 6.08 Å². The van der Waals surface area contributed by atoms with E-state index in [2.05, 4.69) is 24.6 Å². The number of nitrogens with one attached hydrogen (secondary N) is 1. The highest BCUT2D eigenvalue weighted by Crippen LogP contribution is 2.15. The summed E-state index contributed by atoms with van der Waals surface area (Å²) < 4.78 is 12.6. The van der Waals surface area contributed by atoms with Crippen LogP contribution in [-0.4, -0.2) is 5.37 Å². The first-order valence-corrected chi connectivity index (χ1v) is 4.26. The summed E-state index contributed by atoms with van der Waals surface area (Å²) >= 11 is 4.08. The van der Waals surface area contributed by atoms with Crippen molar-refractivity contribution in [2.45, 2.75) is 25.1 Å². The lowest BCUT2D eigenvalue weighted by Gasteiger charge is -2.11. The molecule has 3 N–H and O–H groups in total. The zero-order valence-electron chi connectivity index (χ0n) is 7.18. The van der Waals surface area contributed by atoms with Gasteiger partial charge < -0.3 is 0 Å². The monoisotopic (exact) mass is 190 g/mol. The van der Waals surface area contributed by atoms with Gasteiger partial charge in [-0.3, -0.25) is 5.84 Å². The lowest BCUT2D eigenvalue weighted by molar-refractivity contribution is 0.579. The van der Waals surface area contributed by atoms with Gasteiger partial charge >= 0.3 is 0 Å². The Balaban J connectivity index is 3.72. The third-order valence-electron chi connectivity index (χ3n) is 1.54. The van der Waals surface area contributed by atoms with E-state index in [0.717, 1.165) is 5.57 Å². The molecule has 0 aliphatic carbocycles. The molecule has 0 aromatic heterocycles. The number of hydrogen-bond acceptors (Lipinski definition) is 3. The molecule has 0 bridgehead atoms. The molecule has 0 radical (unpaired) electrons. The molecule has 0 aromatic carbocycles. The van der Waals surface area contributed by atoms with Crippen LogP contribution in [0.15, 0.2) is 24.1 Å². The fourth-order valence-corrected chi connectivity index (χ4v) is 0.808. The lowest BCUT2D eigenvalue weighted by atomic mass is 10.1. The van der Waals surface area contributed by atoms with Gasteiger partial charge in [0.1, 0.15) is 0 Å². The van der Waals surface area contributed by atoms with E-state index in [1.54, 1.807) is 6.92 Å². The van der Waals surface area contributed by atoms with Crippen molar-refractivity contribution in [1.82, 2.24) is 5.43 Å². The van der Waals surface area contributed by atoms with Crippen molar-refractivity contribution in [3.8, 4) is 0 Å². The maximum atomic E-state index is 12.6. The van der Waals surface area contributed by atoms with Gasteiger partial charge in [-0.2, -0.15) is 12.6 Å². The Morgan fingerprint density at radius 2 is 2.33 bits per heavy atom. The van der Waals surface area contributed by atoms with Gasteiger partial charge in [0.2, 0.25) is 0 Å². The average molecular weight is 190 g/mol. The van der Waals surface area contributed by atoms with Crippen LogP contribution in [0.4, 0.5) is 4.39 Å². The van der Waals surface area contributed by atoms with Crippen molar-refractivity contribution in [3.05, 3.63) is 24.1 Å². The molecule has 0 aromatic rings. The second-order valence-corrected chi connectivity index (χ2v) is 2.98. The van der Waals surface area contributed by atoms with E-state index < -0.39 is 0 Å². The zero-order chi connectivity index (χ0) is 9.56. The average Bonchev–Trinajstić information content (AvgIpc) is 2.11. The summed E-state index contributed by atoms with van der Waals surface area (Å²) in [6.07, 6.45) is 2.37. The lowest BCUT2D eigenvalue weighted by Crippen LogP contribution is -2.31. The summed E-state index contributed by atoms with van der Waals surface area (Å²) in [6, 6.07) is 0. The number of halogens is 1. The van der Waals surface area contributed by atoms with Gasteiger partial charge in [-0.15, -0.1) is 0 Å². The van der Waals surface area contributed by atoms with Crippen molar-refractivity contribution in [2.75, 3.05) is 0 Å². The highest BCUT2D eigenvalue weighted by Gasteiger charge is 2.05.